The van der Waals surface area contributed by atoms with Gasteiger partial charge in [0.25, 0.3) is 0 Å². The summed E-state index contributed by atoms with van der Waals surface area (Å²) in [7, 11) is 2.22. The predicted molar refractivity (Wildman–Crippen MR) is 91.8 cm³/mol. The van der Waals surface area contributed by atoms with Crippen LogP contribution in [-0.4, -0.2) is 30.6 Å². The van der Waals surface area contributed by atoms with Crippen LogP contribution in [0, 0.1) is 19.3 Å². The molecule has 1 unspecified atom stereocenters. The lowest BCUT2D eigenvalue weighted by atomic mass is 9.69. The summed E-state index contributed by atoms with van der Waals surface area (Å²) in [5, 5.41) is 0. The number of anilines is 1. The van der Waals surface area contributed by atoms with Crippen LogP contribution in [0.2, 0.25) is 0 Å². The molecule has 112 valence electrons. The Morgan fingerprint density at radius 2 is 2.00 bits per heavy atom. The molecule has 1 atom stereocenters. The Kier molecular flexibility index (Phi) is 4.41. The average molecular weight is 292 g/mol. The third kappa shape index (κ3) is 2.46. The zero-order chi connectivity index (χ0) is 15.0. The van der Waals surface area contributed by atoms with Crippen molar-refractivity contribution in [2.24, 2.45) is 11.1 Å². The normalized spacial score (nSPS) is 25.5. The summed E-state index contributed by atoms with van der Waals surface area (Å²) in [5.41, 5.74) is 10.5. The lowest BCUT2D eigenvalue weighted by Crippen LogP contribution is -2.65. The van der Waals surface area contributed by atoms with E-state index in [-0.39, 0.29) is 11.0 Å². The van der Waals surface area contributed by atoms with Gasteiger partial charge in [0.05, 0.1) is 5.54 Å². The number of nitrogens with zero attached hydrogens (tertiary/aromatic N) is 1. The molecule has 2 rings (SSSR count). The van der Waals surface area contributed by atoms with Gasteiger partial charge in [0, 0.05) is 25.0 Å². The predicted octanol–water partition coefficient (Wildman–Crippen LogP) is 3.60. The number of aryl methyl sites for hydroxylation is 2. The minimum Gasteiger partial charge on any atom is -0.366 e. The van der Waals surface area contributed by atoms with Gasteiger partial charge in [0.1, 0.15) is 0 Å². The highest BCUT2D eigenvalue weighted by Crippen LogP contribution is 2.46. The summed E-state index contributed by atoms with van der Waals surface area (Å²) in [5.74, 6) is 2.36. The molecule has 0 saturated carbocycles. The molecule has 0 bridgehead atoms. The second-order valence-corrected chi connectivity index (χ2v) is 7.88. The van der Waals surface area contributed by atoms with Crippen LogP contribution in [0.5, 0.6) is 0 Å². The molecule has 0 aromatic heterocycles. The standard InChI is InChI=1S/C17H28N2S/c1-13-6-7-15(14(2)10-13)19(5)17(11-18)12-20-9-8-16(17,3)4/h6-7,10H,8-9,11-12,18H2,1-5H3. The van der Waals surface area contributed by atoms with Crippen LogP contribution in [0.4, 0.5) is 5.69 Å². The van der Waals surface area contributed by atoms with Crippen molar-refractivity contribution in [2.45, 2.75) is 39.7 Å². The monoisotopic (exact) mass is 292 g/mol. The molecule has 1 heterocycles. The fraction of sp³-hybridized carbons (Fsp3) is 0.647. The molecule has 1 aromatic rings. The van der Waals surface area contributed by atoms with Crippen molar-refractivity contribution in [3.05, 3.63) is 29.3 Å². The SMILES string of the molecule is Cc1ccc(N(C)C2(CN)CSCCC2(C)C)c(C)c1. The Hall–Kier alpha value is -0.670. The molecule has 1 saturated heterocycles. The first-order valence-electron chi connectivity index (χ1n) is 7.43. The van der Waals surface area contributed by atoms with Crippen molar-refractivity contribution < 1.29 is 0 Å². The topological polar surface area (TPSA) is 29.3 Å². The molecule has 0 amide bonds. The van der Waals surface area contributed by atoms with E-state index in [0.717, 1.165) is 5.75 Å². The fourth-order valence-corrected chi connectivity index (χ4v) is 5.27. The van der Waals surface area contributed by atoms with Crippen molar-refractivity contribution in [3.8, 4) is 0 Å². The van der Waals surface area contributed by atoms with E-state index in [0.29, 0.717) is 6.54 Å². The maximum absolute atomic E-state index is 6.28. The smallest absolute Gasteiger partial charge is 0.0661 e. The number of nitrogens with two attached hydrogens (primary N) is 1. The molecular weight excluding hydrogens is 264 g/mol. The number of rotatable bonds is 3. The van der Waals surface area contributed by atoms with Gasteiger partial charge < -0.3 is 10.6 Å². The van der Waals surface area contributed by atoms with Gasteiger partial charge in [0.15, 0.2) is 0 Å². The number of hydrogen-bond donors (Lipinski definition) is 1. The third-order valence-corrected chi connectivity index (χ3v) is 6.34. The highest BCUT2D eigenvalue weighted by molar-refractivity contribution is 7.99. The Morgan fingerprint density at radius 3 is 2.55 bits per heavy atom. The molecule has 1 aliphatic rings. The van der Waals surface area contributed by atoms with Crippen LogP contribution in [0.1, 0.15) is 31.4 Å². The molecule has 2 N–H and O–H groups in total. The quantitative estimate of drug-likeness (QED) is 0.923. The first-order valence-corrected chi connectivity index (χ1v) is 8.58. The minimum atomic E-state index is 0.0376. The Bertz CT molecular complexity index is 484. The lowest BCUT2D eigenvalue weighted by molar-refractivity contribution is 0.175. The molecule has 20 heavy (non-hydrogen) atoms. The van der Waals surface area contributed by atoms with E-state index in [1.54, 1.807) is 0 Å². The van der Waals surface area contributed by atoms with Gasteiger partial charge in [-0.3, -0.25) is 0 Å². The average Bonchev–Trinajstić information content (AvgIpc) is 2.38. The highest BCUT2D eigenvalue weighted by atomic mass is 32.2. The first-order chi connectivity index (χ1) is 9.34. The number of thioether (sulfide) groups is 1. The second kappa shape index (κ2) is 5.61. The molecule has 0 radical (unpaired) electrons. The highest BCUT2D eigenvalue weighted by Gasteiger charge is 2.49. The van der Waals surface area contributed by atoms with Gasteiger partial charge in [-0.05, 0) is 43.1 Å². The molecule has 3 heteroatoms. The molecule has 2 nitrogen and oxygen atoms in total. The van der Waals surface area contributed by atoms with Crippen LogP contribution in [-0.2, 0) is 0 Å². The Labute approximate surface area is 128 Å². The van der Waals surface area contributed by atoms with E-state index in [1.807, 2.05) is 11.8 Å². The first kappa shape index (κ1) is 15.7. The number of benzene rings is 1. The van der Waals surface area contributed by atoms with Crippen molar-refractivity contribution >= 4 is 17.4 Å². The van der Waals surface area contributed by atoms with Gasteiger partial charge in [-0.25, -0.2) is 0 Å². The van der Waals surface area contributed by atoms with Crippen LogP contribution >= 0.6 is 11.8 Å². The van der Waals surface area contributed by atoms with Crippen molar-refractivity contribution in [3.63, 3.8) is 0 Å². The van der Waals surface area contributed by atoms with Crippen molar-refractivity contribution in [1.29, 1.82) is 0 Å². The van der Waals surface area contributed by atoms with Crippen LogP contribution < -0.4 is 10.6 Å². The summed E-state index contributed by atoms with van der Waals surface area (Å²) < 4.78 is 0. The summed E-state index contributed by atoms with van der Waals surface area (Å²) in [4.78, 5) is 2.45. The molecule has 1 fully saturated rings. The van der Waals surface area contributed by atoms with E-state index in [2.05, 4.69) is 57.8 Å². The van der Waals surface area contributed by atoms with Crippen LogP contribution in [0.15, 0.2) is 18.2 Å². The van der Waals surface area contributed by atoms with E-state index in [4.69, 9.17) is 5.73 Å². The maximum atomic E-state index is 6.28. The summed E-state index contributed by atoms with van der Waals surface area (Å²) in [6, 6.07) is 6.71. The molecule has 1 aliphatic heterocycles. The second-order valence-electron chi connectivity index (χ2n) is 6.77. The Balaban J connectivity index is 2.44. The molecule has 1 aromatic carbocycles. The van der Waals surface area contributed by atoms with Gasteiger partial charge in [0.2, 0.25) is 0 Å². The number of hydrogen-bond acceptors (Lipinski definition) is 3. The fourth-order valence-electron chi connectivity index (χ4n) is 3.43. The molecular formula is C17H28N2S. The van der Waals surface area contributed by atoms with Crippen LogP contribution in [0.3, 0.4) is 0 Å². The van der Waals surface area contributed by atoms with Gasteiger partial charge in [-0.15, -0.1) is 0 Å². The van der Waals surface area contributed by atoms with E-state index >= 15 is 0 Å². The van der Waals surface area contributed by atoms with Gasteiger partial charge in [-0.2, -0.15) is 11.8 Å². The third-order valence-electron chi connectivity index (χ3n) is 5.17. The van der Waals surface area contributed by atoms with E-state index in [9.17, 15) is 0 Å². The minimum absolute atomic E-state index is 0.0376. The number of likely N-dealkylation sites (N-methyl/N-ethyl adjacent to an activating group) is 1. The summed E-state index contributed by atoms with van der Waals surface area (Å²) in [6.45, 7) is 9.80. The molecule has 0 aliphatic carbocycles. The van der Waals surface area contributed by atoms with Gasteiger partial charge >= 0.3 is 0 Å². The molecule has 0 spiro atoms. The summed E-state index contributed by atoms with van der Waals surface area (Å²) >= 11 is 2.04. The Morgan fingerprint density at radius 1 is 1.30 bits per heavy atom. The maximum Gasteiger partial charge on any atom is 0.0661 e. The zero-order valence-electron chi connectivity index (χ0n) is 13.5. The largest absolute Gasteiger partial charge is 0.366 e. The van der Waals surface area contributed by atoms with E-state index < -0.39 is 0 Å². The zero-order valence-corrected chi connectivity index (χ0v) is 14.3. The summed E-state index contributed by atoms with van der Waals surface area (Å²) in [6.07, 6.45) is 1.23. The van der Waals surface area contributed by atoms with Crippen LogP contribution in [0.25, 0.3) is 0 Å². The lowest BCUT2D eigenvalue weighted by Gasteiger charge is -2.55. The van der Waals surface area contributed by atoms with Crippen molar-refractivity contribution in [1.82, 2.24) is 0 Å². The van der Waals surface area contributed by atoms with Crippen molar-refractivity contribution in [2.75, 3.05) is 30.0 Å². The van der Waals surface area contributed by atoms with Gasteiger partial charge in [-0.1, -0.05) is 31.5 Å². The van der Waals surface area contributed by atoms with E-state index in [1.165, 1.54) is 29.0 Å².